The van der Waals surface area contributed by atoms with E-state index in [4.69, 9.17) is 4.74 Å². The Morgan fingerprint density at radius 2 is 1.95 bits per heavy atom. The zero-order valence-electron chi connectivity index (χ0n) is 13.1. The summed E-state index contributed by atoms with van der Waals surface area (Å²) in [5.41, 5.74) is 0. The lowest BCUT2D eigenvalue weighted by Crippen LogP contribution is -2.39. The number of nitrogens with one attached hydrogen (secondary N) is 2. The molecule has 20 heavy (non-hydrogen) atoms. The summed E-state index contributed by atoms with van der Waals surface area (Å²) in [6.45, 7) is 8.70. The van der Waals surface area contributed by atoms with Gasteiger partial charge in [-0.1, -0.05) is 26.2 Å². The first-order valence-electron chi connectivity index (χ1n) is 7.96. The minimum absolute atomic E-state index is 0. The fourth-order valence-corrected chi connectivity index (χ4v) is 1.85. The largest absolute Gasteiger partial charge is 0.379 e. The highest BCUT2D eigenvalue weighted by Crippen LogP contribution is 2.28. The molecule has 0 spiro atoms. The molecule has 1 fully saturated rings. The van der Waals surface area contributed by atoms with Crippen LogP contribution in [0.5, 0.6) is 0 Å². The molecule has 0 bridgehead atoms. The molecule has 1 aliphatic rings. The van der Waals surface area contributed by atoms with Gasteiger partial charge in [0.25, 0.3) is 0 Å². The molecular weight excluding hydrogens is 365 g/mol. The van der Waals surface area contributed by atoms with E-state index in [1.165, 1.54) is 38.5 Å². The van der Waals surface area contributed by atoms with Gasteiger partial charge in [-0.15, -0.1) is 24.0 Å². The zero-order chi connectivity index (χ0) is 13.8. The highest BCUT2D eigenvalue weighted by atomic mass is 127. The van der Waals surface area contributed by atoms with Crippen LogP contribution in [-0.4, -0.2) is 38.8 Å². The van der Waals surface area contributed by atoms with Crippen molar-refractivity contribution in [2.75, 3.05) is 32.8 Å². The van der Waals surface area contributed by atoms with Crippen LogP contribution in [0.4, 0.5) is 0 Å². The van der Waals surface area contributed by atoms with E-state index in [-0.39, 0.29) is 24.0 Å². The summed E-state index contributed by atoms with van der Waals surface area (Å²) in [5.74, 6) is 1.77. The molecule has 0 unspecified atom stereocenters. The molecule has 1 aliphatic carbocycles. The quantitative estimate of drug-likeness (QED) is 0.244. The molecule has 0 aromatic carbocycles. The van der Waals surface area contributed by atoms with Crippen LogP contribution in [0.2, 0.25) is 0 Å². The van der Waals surface area contributed by atoms with E-state index < -0.39 is 0 Å². The van der Waals surface area contributed by atoms with Gasteiger partial charge in [0.2, 0.25) is 0 Å². The third kappa shape index (κ3) is 11.8. The highest BCUT2D eigenvalue weighted by Gasteiger charge is 2.20. The standard InChI is InChI=1S/C15H31N3O.HI/c1-3-5-6-7-10-17-15(16-4-2)18-11-12-19-13-14-8-9-14;/h14H,3-13H2,1-2H3,(H2,16,17,18);1H. The molecule has 0 aromatic rings. The highest BCUT2D eigenvalue weighted by molar-refractivity contribution is 14.0. The molecule has 0 atom stereocenters. The van der Waals surface area contributed by atoms with Crippen molar-refractivity contribution in [2.45, 2.75) is 52.4 Å². The second-order valence-corrected chi connectivity index (χ2v) is 5.27. The van der Waals surface area contributed by atoms with Gasteiger partial charge in [0.05, 0.1) is 6.61 Å². The maximum atomic E-state index is 5.60. The van der Waals surface area contributed by atoms with Gasteiger partial charge in [0.15, 0.2) is 5.96 Å². The minimum Gasteiger partial charge on any atom is -0.379 e. The van der Waals surface area contributed by atoms with Crippen molar-refractivity contribution >= 4 is 29.9 Å². The Balaban J connectivity index is 0.00000361. The lowest BCUT2D eigenvalue weighted by atomic mass is 10.2. The molecule has 2 N–H and O–H groups in total. The smallest absolute Gasteiger partial charge is 0.191 e. The predicted octanol–water partition coefficient (Wildman–Crippen LogP) is 3.17. The summed E-state index contributed by atoms with van der Waals surface area (Å²) < 4.78 is 5.60. The summed E-state index contributed by atoms with van der Waals surface area (Å²) in [6, 6.07) is 0. The van der Waals surface area contributed by atoms with Crippen molar-refractivity contribution < 1.29 is 4.74 Å². The minimum atomic E-state index is 0. The molecule has 1 saturated carbocycles. The number of guanidine groups is 1. The van der Waals surface area contributed by atoms with Gasteiger partial charge in [-0.05, 0) is 32.1 Å². The molecule has 0 aromatic heterocycles. The Morgan fingerprint density at radius 3 is 2.60 bits per heavy atom. The van der Waals surface area contributed by atoms with E-state index in [1.54, 1.807) is 0 Å². The van der Waals surface area contributed by atoms with Gasteiger partial charge >= 0.3 is 0 Å². The third-order valence-corrected chi connectivity index (χ3v) is 3.22. The Hall–Kier alpha value is -0.0400. The number of unbranched alkanes of at least 4 members (excludes halogenated alkanes) is 3. The topological polar surface area (TPSA) is 45.7 Å². The van der Waals surface area contributed by atoms with Gasteiger partial charge in [-0.3, -0.25) is 4.99 Å². The van der Waals surface area contributed by atoms with Crippen LogP contribution in [0.15, 0.2) is 4.99 Å². The number of halogens is 1. The Morgan fingerprint density at radius 1 is 1.15 bits per heavy atom. The zero-order valence-corrected chi connectivity index (χ0v) is 15.4. The van der Waals surface area contributed by atoms with Crippen molar-refractivity contribution in [3.05, 3.63) is 0 Å². The summed E-state index contributed by atoms with van der Waals surface area (Å²) >= 11 is 0. The normalized spacial score (nSPS) is 14.8. The van der Waals surface area contributed by atoms with E-state index in [0.29, 0.717) is 0 Å². The summed E-state index contributed by atoms with van der Waals surface area (Å²) in [4.78, 5) is 4.57. The Kier molecular flexibility index (Phi) is 13.9. The second kappa shape index (κ2) is 13.9. The van der Waals surface area contributed by atoms with Crippen LogP contribution in [0.3, 0.4) is 0 Å². The van der Waals surface area contributed by atoms with Crippen molar-refractivity contribution in [1.29, 1.82) is 0 Å². The van der Waals surface area contributed by atoms with Crippen LogP contribution in [-0.2, 0) is 4.74 Å². The SMILES string of the molecule is CCCCCCN=C(NCC)NCCOCC1CC1.I. The van der Waals surface area contributed by atoms with Gasteiger partial charge in [0, 0.05) is 26.2 Å². The third-order valence-electron chi connectivity index (χ3n) is 3.22. The lowest BCUT2D eigenvalue weighted by Gasteiger charge is -2.11. The molecule has 120 valence electrons. The molecule has 1 rings (SSSR count). The molecule has 0 radical (unpaired) electrons. The van der Waals surface area contributed by atoms with E-state index in [1.807, 2.05) is 0 Å². The molecule has 0 heterocycles. The van der Waals surface area contributed by atoms with Crippen molar-refractivity contribution in [3.63, 3.8) is 0 Å². The van der Waals surface area contributed by atoms with E-state index in [0.717, 1.165) is 44.7 Å². The molecule has 5 heteroatoms. The van der Waals surface area contributed by atoms with E-state index >= 15 is 0 Å². The number of hydrogen-bond donors (Lipinski definition) is 2. The summed E-state index contributed by atoms with van der Waals surface area (Å²) in [6.07, 6.45) is 7.77. The van der Waals surface area contributed by atoms with Crippen molar-refractivity contribution in [3.8, 4) is 0 Å². The van der Waals surface area contributed by atoms with Crippen LogP contribution in [0.25, 0.3) is 0 Å². The van der Waals surface area contributed by atoms with Gasteiger partial charge in [0.1, 0.15) is 0 Å². The number of rotatable bonds is 11. The van der Waals surface area contributed by atoms with Crippen LogP contribution in [0, 0.1) is 5.92 Å². The predicted molar refractivity (Wildman–Crippen MR) is 97.1 cm³/mol. The maximum absolute atomic E-state index is 5.60. The lowest BCUT2D eigenvalue weighted by molar-refractivity contribution is 0.129. The molecule has 0 saturated heterocycles. The first-order valence-corrected chi connectivity index (χ1v) is 7.96. The summed E-state index contributed by atoms with van der Waals surface area (Å²) in [5, 5.41) is 6.59. The number of nitrogens with zero attached hydrogens (tertiary/aromatic N) is 1. The van der Waals surface area contributed by atoms with Gasteiger partial charge in [-0.2, -0.15) is 0 Å². The fourth-order valence-electron chi connectivity index (χ4n) is 1.85. The monoisotopic (exact) mass is 397 g/mol. The second-order valence-electron chi connectivity index (χ2n) is 5.27. The first-order chi connectivity index (χ1) is 9.36. The van der Waals surface area contributed by atoms with E-state index in [2.05, 4.69) is 29.5 Å². The molecule has 0 aliphatic heterocycles. The Bertz CT molecular complexity index is 245. The van der Waals surface area contributed by atoms with Crippen molar-refractivity contribution in [1.82, 2.24) is 10.6 Å². The van der Waals surface area contributed by atoms with E-state index in [9.17, 15) is 0 Å². The van der Waals surface area contributed by atoms with Crippen molar-refractivity contribution in [2.24, 2.45) is 10.9 Å². The first kappa shape index (κ1) is 20.0. The summed E-state index contributed by atoms with van der Waals surface area (Å²) in [7, 11) is 0. The molecule has 0 amide bonds. The van der Waals surface area contributed by atoms with Crippen LogP contribution < -0.4 is 10.6 Å². The molecular formula is C15H32IN3O. The number of hydrogen-bond acceptors (Lipinski definition) is 2. The maximum Gasteiger partial charge on any atom is 0.191 e. The average Bonchev–Trinajstić information content (AvgIpc) is 3.22. The molecule has 4 nitrogen and oxygen atoms in total. The fraction of sp³-hybridized carbons (Fsp3) is 0.933. The van der Waals surface area contributed by atoms with Crippen LogP contribution in [0.1, 0.15) is 52.4 Å². The number of aliphatic imine (C=N–C) groups is 1. The average molecular weight is 397 g/mol. The van der Waals surface area contributed by atoms with Gasteiger partial charge in [-0.25, -0.2) is 0 Å². The van der Waals surface area contributed by atoms with Crippen LogP contribution >= 0.6 is 24.0 Å². The van der Waals surface area contributed by atoms with Gasteiger partial charge < -0.3 is 15.4 Å². The Labute approximate surface area is 141 Å². The number of ether oxygens (including phenoxy) is 1.